The number of carbonyl (C=O) groups excluding carboxylic acids is 1. The quantitative estimate of drug-likeness (QED) is 0.248. The van der Waals surface area contributed by atoms with Gasteiger partial charge in [-0.15, -0.1) is 0 Å². The van der Waals surface area contributed by atoms with Crippen molar-refractivity contribution in [1.82, 2.24) is 18.7 Å². The first-order valence-electron chi connectivity index (χ1n) is 14.0. The van der Waals surface area contributed by atoms with Gasteiger partial charge in [0.15, 0.2) is 4.32 Å². The van der Waals surface area contributed by atoms with Crippen molar-refractivity contribution in [3.05, 3.63) is 91.1 Å². The fourth-order valence-electron chi connectivity index (χ4n) is 6.11. The van der Waals surface area contributed by atoms with Crippen LogP contribution in [0.4, 0.5) is 11.5 Å². The standard InChI is InChI=1S/C31H32N6O3S2/c1-18-14-19(2)17-34(16-18)27-23(28(38)35-13-9-10-20(3)26(35)32-27)15-24-29(39)36(31(41)42-24)25-21(4)33(5)37(30(25)40)22-11-7-6-8-12-22/h6-13,15,18-19H,14,16-17H2,1-5H3. The average molecular weight is 601 g/mol. The smallest absolute Gasteiger partial charge is 0.296 e. The third kappa shape index (κ3) is 4.60. The molecule has 2 aliphatic heterocycles. The van der Waals surface area contributed by atoms with Gasteiger partial charge in [-0.25, -0.2) is 9.67 Å². The van der Waals surface area contributed by atoms with Crippen LogP contribution in [0.25, 0.3) is 17.4 Å². The second kappa shape index (κ2) is 10.7. The number of rotatable bonds is 4. The molecule has 0 aliphatic carbocycles. The number of para-hydroxylation sites is 1. The first-order valence-corrected chi connectivity index (χ1v) is 15.2. The van der Waals surface area contributed by atoms with Crippen molar-refractivity contribution < 1.29 is 4.79 Å². The lowest BCUT2D eigenvalue weighted by molar-refractivity contribution is -0.113. The van der Waals surface area contributed by atoms with Gasteiger partial charge in [-0.1, -0.05) is 62.1 Å². The second-order valence-corrected chi connectivity index (χ2v) is 13.0. The van der Waals surface area contributed by atoms with Crippen LogP contribution in [0, 0.1) is 25.7 Å². The van der Waals surface area contributed by atoms with Crippen molar-refractivity contribution in [2.75, 3.05) is 22.9 Å². The zero-order chi connectivity index (χ0) is 29.9. The van der Waals surface area contributed by atoms with Gasteiger partial charge in [0.1, 0.15) is 17.2 Å². The number of hydrogen-bond acceptors (Lipinski definition) is 7. The number of hydrogen-bond donors (Lipinski definition) is 0. The minimum absolute atomic E-state index is 0.204. The summed E-state index contributed by atoms with van der Waals surface area (Å²) in [5.74, 6) is 1.01. The molecular formula is C31H32N6O3S2. The lowest BCUT2D eigenvalue weighted by Gasteiger charge is -2.36. The zero-order valence-electron chi connectivity index (χ0n) is 24.2. The molecule has 0 saturated carbocycles. The Balaban J connectivity index is 1.48. The molecule has 1 aromatic carbocycles. The Hall–Kier alpha value is -3.96. The van der Waals surface area contributed by atoms with E-state index in [4.69, 9.17) is 17.2 Å². The zero-order valence-corrected chi connectivity index (χ0v) is 25.8. The van der Waals surface area contributed by atoms with Crippen LogP contribution in [0.3, 0.4) is 0 Å². The SMILES string of the molecule is Cc1cccn2c(=O)c(C=C3SC(=S)N(c4c(C)n(C)n(-c5ccccc5)c4=O)C3=O)c(N3CC(C)CC(C)C3)nc12. The summed E-state index contributed by atoms with van der Waals surface area (Å²) in [6, 6.07) is 13.0. The Bertz CT molecular complexity index is 1900. The maximum absolute atomic E-state index is 14.0. The molecule has 2 unspecified atom stereocenters. The molecule has 0 N–H and O–H groups in total. The molecule has 42 heavy (non-hydrogen) atoms. The maximum Gasteiger partial charge on any atom is 0.296 e. The van der Waals surface area contributed by atoms with Gasteiger partial charge >= 0.3 is 0 Å². The van der Waals surface area contributed by atoms with Gasteiger partial charge in [-0.05, 0) is 61.9 Å². The van der Waals surface area contributed by atoms with E-state index in [2.05, 4.69) is 18.7 Å². The van der Waals surface area contributed by atoms with Crippen LogP contribution in [0.5, 0.6) is 0 Å². The van der Waals surface area contributed by atoms with E-state index in [0.717, 1.165) is 36.8 Å². The first kappa shape index (κ1) is 28.2. The van der Waals surface area contributed by atoms with Crippen LogP contribution in [0.15, 0.2) is 63.2 Å². The van der Waals surface area contributed by atoms with E-state index in [1.807, 2.05) is 49.4 Å². The van der Waals surface area contributed by atoms with Gasteiger partial charge < -0.3 is 4.90 Å². The van der Waals surface area contributed by atoms with Gasteiger partial charge in [0.25, 0.3) is 17.0 Å². The number of benzene rings is 1. The largest absolute Gasteiger partial charge is 0.355 e. The molecule has 0 spiro atoms. The molecule has 5 heterocycles. The molecule has 2 saturated heterocycles. The fraction of sp³-hybridized carbons (Fsp3) is 0.323. The third-order valence-electron chi connectivity index (χ3n) is 8.05. The van der Waals surface area contributed by atoms with Crippen molar-refractivity contribution in [3.8, 4) is 5.69 Å². The van der Waals surface area contributed by atoms with Crippen LogP contribution in [0.2, 0.25) is 0 Å². The van der Waals surface area contributed by atoms with Crippen molar-refractivity contribution in [1.29, 1.82) is 0 Å². The van der Waals surface area contributed by atoms with Crippen LogP contribution < -0.4 is 20.9 Å². The molecule has 4 aromatic rings. The van der Waals surface area contributed by atoms with E-state index in [1.165, 1.54) is 14.0 Å². The second-order valence-electron chi connectivity index (χ2n) is 11.3. The summed E-state index contributed by atoms with van der Waals surface area (Å²) in [6.07, 6.45) is 4.41. The summed E-state index contributed by atoms with van der Waals surface area (Å²) in [7, 11) is 1.78. The molecule has 9 nitrogen and oxygen atoms in total. The van der Waals surface area contributed by atoms with E-state index in [9.17, 15) is 14.4 Å². The molecule has 1 amide bonds. The Labute approximate surface area is 253 Å². The molecule has 2 atom stereocenters. The topological polar surface area (TPSA) is 84.8 Å². The third-order valence-corrected chi connectivity index (χ3v) is 9.35. The lowest BCUT2D eigenvalue weighted by Crippen LogP contribution is -2.40. The van der Waals surface area contributed by atoms with Crippen molar-refractivity contribution in [3.63, 3.8) is 0 Å². The molecule has 3 aromatic heterocycles. The van der Waals surface area contributed by atoms with Crippen LogP contribution in [0.1, 0.15) is 37.1 Å². The van der Waals surface area contributed by atoms with Gasteiger partial charge in [0.2, 0.25) is 0 Å². The summed E-state index contributed by atoms with van der Waals surface area (Å²) in [6.45, 7) is 9.67. The maximum atomic E-state index is 14.0. The number of pyridine rings is 1. The number of carbonyl (C=O) groups is 1. The van der Waals surface area contributed by atoms with Crippen molar-refractivity contribution in [2.45, 2.75) is 34.1 Å². The lowest BCUT2D eigenvalue weighted by atomic mass is 9.91. The number of aryl methyl sites for hydroxylation is 1. The van der Waals surface area contributed by atoms with Gasteiger partial charge in [-0.3, -0.25) is 28.4 Å². The van der Waals surface area contributed by atoms with E-state index >= 15 is 0 Å². The minimum Gasteiger partial charge on any atom is -0.355 e. The predicted octanol–water partition coefficient (Wildman–Crippen LogP) is 4.69. The fourth-order valence-corrected chi connectivity index (χ4v) is 7.36. The highest BCUT2D eigenvalue weighted by Crippen LogP contribution is 2.37. The molecule has 11 heteroatoms. The number of amides is 1. The highest BCUT2D eigenvalue weighted by Gasteiger charge is 2.38. The van der Waals surface area contributed by atoms with Gasteiger partial charge in [-0.2, -0.15) is 0 Å². The van der Waals surface area contributed by atoms with Crippen molar-refractivity contribution >= 4 is 57.4 Å². The van der Waals surface area contributed by atoms with E-state index < -0.39 is 5.91 Å². The molecule has 0 radical (unpaired) electrons. The summed E-state index contributed by atoms with van der Waals surface area (Å²) in [5, 5.41) is 0. The highest BCUT2D eigenvalue weighted by molar-refractivity contribution is 8.27. The summed E-state index contributed by atoms with van der Waals surface area (Å²) < 4.78 is 5.01. The average Bonchev–Trinajstić information content (AvgIpc) is 3.34. The van der Waals surface area contributed by atoms with Crippen LogP contribution in [-0.4, -0.2) is 42.1 Å². The Morgan fingerprint density at radius 2 is 1.67 bits per heavy atom. The number of thiocarbonyl (C=S) groups is 1. The highest BCUT2D eigenvalue weighted by atomic mass is 32.2. The molecular weight excluding hydrogens is 569 g/mol. The van der Waals surface area contributed by atoms with Crippen LogP contribution >= 0.6 is 24.0 Å². The molecule has 0 bridgehead atoms. The molecule has 2 fully saturated rings. The van der Waals surface area contributed by atoms with Gasteiger partial charge in [0, 0.05) is 26.3 Å². The normalized spacial score (nSPS) is 20.4. The Morgan fingerprint density at radius 3 is 2.36 bits per heavy atom. The Kier molecular flexibility index (Phi) is 7.18. The number of nitrogens with zero attached hydrogens (tertiary/aromatic N) is 6. The molecule has 2 aliphatic rings. The number of piperidine rings is 1. The van der Waals surface area contributed by atoms with Crippen molar-refractivity contribution in [2.24, 2.45) is 18.9 Å². The number of thioether (sulfide) groups is 1. The van der Waals surface area contributed by atoms with E-state index in [1.54, 1.807) is 30.9 Å². The monoisotopic (exact) mass is 600 g/mol. The number of anilines is 2. The van der Waals surface area contributed by atoms with Gasteiger partial charge in [0.05, 0.1) is 21.8 Å². The van der Waals surface area contributed by atoms with Crippen LogP contribution in [-0.2, 0) is 11.8 Å². The number of aromatic nitrogens is 4. The van der Waals surface area contributed by atoms with E-state index in [0.29, 0.717) is 40.2 Å². The van der Waals surface area contributed by atoms with E-state index in [-0.39, 0.29) is 26.0 Å². The summed E-state index contributed by atoms with van der Waals surface area (Å²) in [5.41, 5.74) is 2.70. The molecule has 216 valence electrons. The predicted molar refractivity (Wildman–Crippen MR) is 173 cm³/mol. The molecule has 6 rings (SSSR count). The minimum atomic E-state index is -0.434. The summed E-state index contributed by atoms with van der Waals surface area (Å²) in [4.78, 5) is 50.4. The number of fused-ring (bicyclic) bond motifs is 1. The first-order chi connectivity index (χ1) is 20.1. The summed E-state index contributed by atoms with van der Waals surface area (Å²) >= 11 is 6.75. The Morgan fingerprint density at radius 1 is 0.976 bits per heavy atom.